The summed E-state index contributed by atoms with van der Waals surface area (Å²) >= 11 is 7.67. The molecule has 0 fully saturated rings. The van der Waals surface area contributed by atoms with Gasteiger partial charge in [0.25, 0.3) is 0 Å². The Bertz CT molecular complexity index is 88.1. The van der Waals surface area contributed by atoms with E-state index in [0.717, 1.165) is 0 Å². The third kappa shape index (κ3) is 68.6. The fourth-order valence-corrected chi connectivity index (χ4v) is 0. The highest BCUT2D eigenvalue weighted by atomic mass is 33.1. The Morgan fingerprint density at radius 2 is 1.20 bits per heavy atom. The normalized spacial score (nSPS) is 11.6. The Morgan fingerprint density at radius 1 is 1.20 bits per heavy atom. The topological polar surface area (TPSA) is 40.5 Å². The Balaban J connectivity index is 4.06. The van der Waals surface area contributed by atoms with Gasteiger partial charge in [-0.3, -0.25) is 0 Å². The fourth-order valence-electron chi connectivity index (χ4n) is 0. The van der Waals surface area contributed by atoms with E-state index < -0.39 is 7.71 Å². The summed E-state index contributed by atoms with van der Waals surface area (Å²) in [6, 6.07) is 0. The summed E-state index contributed by atoms with van der Waals surface area (Å²) in [5.74, 6) is 0. The average molecular weight is 130 g/mol. The third-order valence-electron chi connectivity index (χ3n) is 0. The van der Waals surface area contributed by atoms with Crippen LogP contribution in [0.4, 0.5) is 0 Å². The largest absolute Gasteiger partial charge is 0.306 e. The minimum atomic E-state index is -3.00. The molecule has 0 aromatic rings. The van der Waals surface area contributed by atoms with Crippen molar-refractivity contribution in [3.05, 3.63) is 0 Å². The quantitative estimate of drug-likeness (QED) is 0.484. The molecule has 0 aliphatic heterocycles. The van der Waals surface area contributed by atoms with E-state index in [2.05, 4.69) is 22.4 Å². The molecule has 0 radical (unpaired) electrons. The van der Waals surface area contributed by atoms with E-state index in [1.165, 1.54) is 0 Å². The van der Waals surface area contributed by atoms with Crippen molar-refractivity contribution in [2.75, 3.05) is 0 Å². The smallest absolute Gasteiger partial charge is 0.132 e. The van der Waals surface area contributed by atoms with Crippen LogP contribution in [-0.2, 0) is 30.1 Å². The molecule has 2 N–H and O–H groups in total. The number of hydrogen-bond acceptors (Lipinski definition) is 2. The average Bonchev–Trinajstić information content (AvgIpc) is 0.722. The zero-order chi connectivity index (χ0) is 4.50. The SMILES string of the molecule is OS(O)(=S)=S. The summed E-state index contributed by atoms with van der Waals surface area (Å²) < 4.78 is 15.6. The highest BCUT2D eigenvalue weighted by molar-refractivity contribution is 8.50. The summed E-state index contributed by atoms with van der Waals surface area (Å²) in [6.45, 7) is 0. The van der Waals surface area contributed by atoms with Gasteiger partial charge in [0, 0.05) is 22.4 Å². The van der Waals surface area contributed by atoms with Crippen molar-refractivity contribution < 1.29 is 9.11 Å². The molecule has 5 heavy (non-hydrogen) atoms. The maximum Gasteiger partial charge on any atom is 0.132 e. The van der Waals surface area contributed by atoms with Crippen molar-refractivity contribution >= 4 is 30.1 Å². The first-order valence-electron chi connectivity index (χ1n) is 0.698. The van der Waals surface area contributed by atoms with Crippen molar-refractivity contribution in [3.63, 3.8) is 0 Å². The molecule has 0 aliphatic carbocycles. The summed E-state index contributed by atoms with van der Waals surface area (Å²) in [5.41, 5.74) is 0. The van der Waals surface area contributed by atoms with E-state index in [-0.39, 0.29) is 0 Å². The minimum Gasteiger partial charge on any atom is -0.306 e. The molecular formula is H2O2S3. The first-order valence-corrected chi connectivity index (χ1v) is 4.10. The molecule has 0 saturated heterocycles. The van der Waals surface area contributed by atoms with Gasteiger partial charge in [-0.2, -0.15) is 0 Å². The van der Waals surface area contributed by atoms with Crippen LogP contribution in [-0.4, -0.2) is 9.11 Å². The first kappa shape index (κ1) is 5.71. The van der Waals surface area contributed by atoms with E-state index >= 15 is 0 Å². The van der Waals surface area contributed by atoms with Crippen LogP contribution in [0.25, 0.3) is 0 Å². The van der Waals surface area contributed by atoms with E-state index in [9.17, 15) is 0 Å². The van der Waals surface area contributed by atoms with E-state index in [1.807, 2.05) is 0 Å². The molecule has 5 heteroatoms. The van der Waals surface area contributed by atoms with Crippen LogP contribution in [0.2, 0.25) is 0 Å². The van der Waals surface area contributed by atoms with Crippen molar-refractivity contribution in [2.24, 2.45) is 0 Å². The van der Waals surface area contributed by atoms with E-state index in [4.69, 9.17) is 9.11 Å². The zero-order valence-corrected chi connectivity index (χ0v) is 4.57. The molecule has 0 saturated carbocycles. The highest BCUT2D eigenvalue weighted by Gasteiger charge is 1.71. The summed E-state index contributed by atoms with van der Waals surface area (Å²) in [6.07, 6.45) is 0. The maximum absolute atomic E-state index is 7.79. The summed E-state index contributed by atoms with van der Waals surface area (Å²) in [4.78, 5) is 0. The Labute approximate surface area is 39.7 Å². The molecule has 0 heterocycles. The molecule has 0 rings (SSSR count). The summed E-state index contributed by atoms with van der Waals surface area (Å²) in [5, 5.41) is 0. The van der Waals surface area contributed by atoms with Crippen molar-refractivity contribution in [2.45, 2.75) is 0 Å². The second kappa shape index (κ2) is 1.44. The molecule has 0 spiro atoms. The zero-order valence-electron chi connectivity index (χ0n) is 2.12. The molecule has 0 amide bonds. The van der Waals surface area contributed by atoms with Gasteiger partial charge in [-0.1, -0.05) is 0 Å². The van der Waals surface area contributed by atoms with Gasteiger partial charge >= 0.3 is 0 Å². The van der Waals surface area contributed by atoms with Crippen molar-refractivity contribution in [1.82, 2.24) is 0 Å². The molecular weight excluding hydrogens is 128 g/mol. The summed E-state index contributed by atoms with van der Waals surface area (Å²) in [7, 11) is -3.00. The van der Waals surface area contributed by atoms with Gasteiger partial charge in [0.15, 0.2) is 0 Å². The second-order valence-corrected chi connectivity index (χ2v) is 4.77. The van der Waals surface area contributed by atoms with Gasteiger partial charge in [-0.25, -0.2) is 0 Å². The molecule has 0 aromatic carbocycles. The van der Waals surface area contributed by atoms with Gasteiger partial charge < -0.3 is 9.11 Å². The Hall–Kier alpha value is 0.710. The molecule has 0 unspecified atom stereocenters. The van der Waals surface area contributed by atoms with Crippen LogP contribution < -0.4 is 0 Å². The lowest BCUT2D eigenvalue weighted by molar-refractivity contribution is 0.526. The molecule has 2 nitrogen and oxygen atoms in total. The number of rotatable bonds is 0. The van der Waals surface area contributed by atoms with Gasteiger partial charge in [0.2, 0.25) is 0 Å². The highest BCUT2D eigenvalue weighted by Crippen LogP contribution is 1.64. The standard InChI is InChI=1S/H2O2S3/c1-5(2,3)4/h(H2,1,2,3,4). The molecule has 0 atom stereocenters. The lowest BCUT2D eigenvalue weighted by atomic mass is 15.9. The third-order valence-corrected chi connectivity index (χ3v) is 0. The van der Waals surface area contributed by atoms with Gasteiger partial charge in [0.1, 0.15) is 7.71 Å². The molecule has 0 aromatic heterocycles. The maximum atomic E-state index is 7.79. The second-order valence-electron chi connectivity index (χ2n) is 0.448. The van der Waals surface area contributed by atoms with Crippen LogP contribution in [0, 0.1) is 0 Å². The predicted molar refractivity (Wildman–Crippen MR) is 27.4 cm³/mol. The molecule has 0 bridgehead atoms. The fraction of sp³-hybridized carbons (Fsp3) is 0. The predicted octanol–water partition coefficient (Wildman–Crippen LogP) is 0.0102. The van der Waals surface area contributed by atoms with Crippen LogP contribution in [0.5, 0.6) is 0 Å². The first-order chi connectivity index (χ1) is 2.00. The van der Waals surface area contributed by atoms with E-state index in [1.54, 1.807) is 0 Å². The Kier molecular flexibility index (Phi) is 1.64. The minimum absolute atomic E-state index is 3.00. The lowest BCUT2D eigenvalue weighted by Crippen LogP contribution is -1.84. The van der Waals surface area contributed by atoms with Gasteiger partial charge in [-0.05, 0) is 0 Å². The van der Waals surface area contributed by atoms with E-state index in [0.29, 0.717) is 0 Å². The van der Waals surface area contributed by atoms with Crippen LogP contribution in [0.15, 0.2) is 0 Å². The van der Waals surface area contributed by atoms with Crippen LogP contribution in [0.1, 0.15) is 0 Å². The Morgan fingerprint density at radius 3 is 1.20 bits per heavy atom. The van der Waals surface area contributed by atoms with Crippen LogP contribution in [0.3, 0.4) is 0 Å². The molecule has 32 valence electrons. The number of hydrogen-bond donors (Lipinski definition) is 2. The molecule has 0 aliphatic rings. The van der Waals surface area contributed by atoms with Crippen molar-refractivity contribution in [3.8, 4) is 0 Å². The van der Waals surface area contributed by atoms with Gasteiger partial charge in [0.05, 0.1) is 0 Å². The monoisotopic (exact) mass is 130 g/mol. The van der Waals surface area contributed by atoms with Crippen molar-refractivity contribution in [1.29, 1.82) is 0 Å². The van der Waals surface area contributed by atoms with Crippen LogP contribution >= 0.6 is 0 Å². The van der Waals surface area contributed by atoms with Gasteiger partial charge in [-0.15, -0.1) is 0 Å². The lowest BCUT2D eigenvalue weighted by Gasteiger charge is -1.78.